The summed E-state index contributed by atoms with van der Waals surface area (Å²) in [5.41, 5.74) is 2.35. The lowest BCUT2D eigenvalue weighted by Gasteiger charge is -2.37. The summed E-state index contributed by atoms with van der Waals surface area (Å²) in [5, 5.41) is 11.3. The van der Waals surface area contributed by atoms with Gasteiger partial charge in [-0.05, 0) is 41.6 Å². The van der Waals surface area contributed by atoms with Crippen LogP contribution in [-0.2, 0) is 0 Å². The number of nitrogens with zero attached hydrogens (tertiary/aromatic N) is 6. The van der Waals surface area contributed by atoms with E-state index in [1.807, 2.05) is 54.3 Å². The standard InChI is InChI=1S/C20H22N6O2/c1-2-28-19-10-6-5-9-18(19)24-11-13-25(14-12-24)20(27)16-7-3-4-8-17(16)26-15-21-22-23-26/h3-10,15H,2,11-14H2,1H3. The van der Waals surface area contributed by atoms with Crippen LogP contribution in [-0.4, -0.2) is 63.8 Å². The van der Waals surface area contributed by atoms with Gasteiger partial charge in [0.2, 0.25) is 0 Å². The molecule has 1 aliphatic heterocycles. The molecule has 0 saturated carbocycles. The average molecular weight is 378 g/mol. The quantitative estimate of drug-likeness (QED) is 0.676. The largest absolute Gasteiger partial charge is 0.492 e. The fourth-order valence-corrected chi connectivity index (χ4v) is 3.44. The van der Waals surface area contributed by atoms with E-state index < -0.39 is 0 Å². The summed E-state index contributed by atoms with van der Waals surface area (Å²) in [7, 11) is 0. The molecule has 1 amide bonds. The van der Waals surface area contributed by atoms with Gasteiger partial charge in [-0.25, -0.2) is 0 Å². The van der Waals surface area contributed by atoms with E-state index in [4.69, 9.17) is 4.74 Å². The molecule has 144 valence electrons. The van der Waals surface area contributed by atoms with Crippen LogP contribution in [0.15, 0.2) is 54.9 Å². The van der Waals surface area contributed by atoms with Crippen molar-refractivity contribution < 1.29 is 9.53 Å². The number of hydrogen-bond donors (Lipinski definition) is 0. The molecular weight excluding hydrogens is 356 g/mol. The second-order valence-corrected chi connectivity index (χ2v) is 6.45. The number of ether oxygens (including phenoxy) is 1. The van der Waals surface area contributed by atoms with Crippen LogP contribution in [0.25, 0.3) is 5.69 Å². The Labute approximate surface area is 163 Å². The molecule has 0 spiro atoms. The molecule has 1 fully saturated rings. The molecule has 0 bridgehead atoms. The summed E-state index contributed by atoms with van der Waals surface area (Å²) in [6.07, 6.45) is 1.49. The van der Waals surface area contributed by atoms with Crippen molar-refractivity contribution in [2.45, 2.75) is 6.92 Å². The van der Waals surface area contributed by atoms with E-state index in [1.165, 1.54) is 11.0 Å². The van der Waals surface area contributed by atoms with Gasteiger partial charge in [-0.2, -0.15) is 4.68 Å². The van der Waals surface area contributed by atoms with Crippen LogP contribution in [0, 0.1) is 0 Å². The first-order chi connectivity index (χ1) is 13.8. The Kier molecular flexibility index (Phi) is 5.18. The zero-order valence-corrected chi connectivity index (χ0v) is 15.7. The van der Waals surface area contributed by atoms with Crippen LogP contribution in [0.3, 0.4) is 0 Å². The van der Waals surface area contributed by atoms with Crippen molar-refractivity contribution in [1.29, 1.82) is 0 Å². The summed E-state index contributed by atoms with van der Waals surface area (Å²) < 4.78 is 7.26. The van der Waals surface area contributed by atoms with Crippen molar-refractivity contribution in [3.05, 3.63) is 60.4 Å². The number of carbonyl (C=O) groups is 1. The second-order valence-electron chi connectivity index (χ2n) is 6.45. The second kappa shape index (κ2) is 8.08. The van der Waals surface area contributed by atoms with E-state index in [0.717, 1.165) is 24.5 Å². The Morgan fingerprint density at radius 2 is 1.71 bits per heavy atom. The number of anilines is 1. The number of para-hydroxylation sites is 3. The van der Waals surface area contributed by atoms with Gasteiger partial charge in [-0.15, -0.1) is 5.10 Å². The Morgan fingerprint density at radius 3 is 2.43 bits per heavy atom. The molecule has 3 aromatic rings. The SMILES string of the molecule is CCOc1ccccc1N1CCN(C(=O)c2ccccc2-n2cnnn2)CC1. The maximum Gasteiger partial charge on any atom is 0.256 e. The molecule has 8 nitrogen and oxygen atoms in total. The van der Waals surface area contributed by atoms with Gasteiger partial charge in [0.15, 0.2) is 0 Å². The lowest BCUT2D eigenvalue weighted by Crippen LogP contribution is -2.49. The Morgan fingerprint density at radius 1 is 1.00 bits per heavy atom. The molecule has 8 heteroatoms. The highest BCUT2D eigenvalue weighted by Gasteiger charge is 2.25. The molecule has 0 N–H and O–H groups in total. The number of aromatic nitrogens is 4. The molecule has 1 saturated heterocycles. The van der Waals surface area contributed by atoms with E-state index in [9.17, 15) is 4.79 Å². The fourth-order valence-electron chi connectivity index (χ4n) is 3.44. The average Bonchev–Trinajstić information content (AvgIpc) is 3.29. The van der Waals surface area contributed by atoms with E-state index in [0.29, 0.717) is 30.9 Å². The normalized spacial score (nSPS) is 14.2. The lowest BCUT2D eigenvalue weighted by atomic mass is 10.1. The third-order valence-corrected chi connectivity index (χ3v) is 4.80. The Hall–Kier alpha value is -3.42. The zero-order chi connectivity index (χ0) is 19.3. The number of hydrogen-bond acceptors (Lipinski definition) is 6. The van der Waals surface area contributed by atoms with Crippen LogP contribution in [0.4, 0.5) is 5.69 Å². The minimum Gasteiger partial charge on any atom is -0.492 e. The zero-order valence-electron chi connectivity index (χ0n) is 15.7. The predicted molar refractivity (Wildman–Crippen MR) is 105 cm³/mol. The van der Waals surface area contributed by atoms with E-state index in [1.54, 1.807) is 0 Å². The topological polar surface area (TPSA) is 76.4 Å². The number of carbonyl (C=O) groups excluding carboxylic acids is 1. The first kappa shape index (κ1) is 18.0. The molecule has 0 aliphatic carbocycles. The highest BCUT2D eigenvalue weighted by molar-refractivity contribution is 5.97. The van der Waals surface area contributed by atoms with Gasteiger partial charge in [0.1, 0.15) is 12.1 Å². The van der Waals surface area contributed by atoms with Crippen LogP contribution < -0.4 is 9.64 Å². The van der Waals surface area contributed by atoms with Crippen LogP contribution in [0.1, 0.15) is 17.3 Å². The molecule has 2 aromatic carbocycles. The summed E-state index contributed by atoms with van der Waals surface area (Å²) in [4.78, 5) is 17.3. The summed E-state index contributed by atoms with van der Waals surface area (Å²) >= 11 is 0. The van der Waals surface area contributed by atoms with Crippen LogP contribution in [0.2, 0.25) is 0 Å². The molecule has 28 heavy (non-hydrogen) atoms. The van der Waals surface area contributed by atoms with Crippen LogP contribution >= 0.6 is 0 Å². The third kappa shape index (κ3) is 3.53. The summed E-state index contributed by atoms with van der Waals surface area (Å²) in [5.74, 6) is 0.873. The van der Waals surface area contributed by atoms with Gasteiger partial charge in [-0.1, -0.05) is 24.3 Å². The maximum absolute atomic E-state index is 13.1. The van der Waals surface area contributed by atoms with Gasteiger partial charge in [-0.3, -0.25) is 4.79 Å². The molecule has 2 heterocycles. The van der Waals surface area contributed by atoms with Crippen molar-refractivity contribution in [3.8, 4) is 11.4 Å². The van der Waals surface area contributed by atoms with Crippen molar-refractivity contribution in [3.63, 3.8) is 0 Å². The van der Waals surface area contributed by atoms with Crippen LogP contribution in [0.5, 0.6) is 5.75 Å². The summed E-state index contributed by atoms with van der Waals surface area (Å²) in [6.45, 7) is 5.40. The molecule has 0 atom stereocenters. The highest BCUT2D eigenvalue weighted by Crippen LogP contribution is 2.29. The lowest BCUT2D eigenvalue weighted by molar-refractivity contribution is 0.0746. The third-order valence-electron chi connectivity index (χ3n) is 4.80. The Balaban J connectivity index is 1.49. The Bertz CT molecular complexity index is 935. The molecule has 1 aromatic heterocycles. The first-order valence-electron chi connectivity index (χ1n) is 9.36. The minimum atomic E-state index is -0.0103. The molecular formula is C20H22N6O2. The van der Waals surface area contributed by atoms with Crippen molar-refractivity contribution >= 4 is 11.6 Å². The van der Waals surface area contributed by atoms with Gasteiger partial charge in [0.05, 0.1) is 23.5 Å². The highest BCUT2D eigenvalue weighted by atomic mass is 16.5. The smallest absolute Gasteiger partial charge is 0.256 e. The van der Waals surface area contributed by atoms with E-state index in [2.05, 4.69) is 26.5 Å². The first-order valence-corrected chi connectivity index (χ1v) is 9.36. The number of amides is 1. The van der Waals surface area contributed by atoms with Crippen molar-refractivity contribution in [1.82, 2.24) is 25.1 Å². The van der Waals surface area contributed by atoms with Crippen molar-refractivity contribution in [2.75, 3.05) is 37.7 Å². The van der Waals surface area contributed by atoms with Gasteiger partial charge in [0, 0.05) is 26.2 Å². The van der Waals surface area contributed by atoms with E-state index in [-0.39, 0.29) is 5.91 Å². The number of tetrazole rings is 1. The van der Waals surface area contributed by atoms with Gasteiger partial charge >= 0.3 is 0 Å². The van der Waals surface area contributed by atoms with E-state index >= 15 is 0 Å². The maximum atomic E-state index is 13.1. The monoisotopic (exact) mass is 378 g/mol. The predicted octanol–water partition coefficient (Wildman–Crippen LogP) is 2.02. The molecule has 4 rings (SSSR count). The van der Waals surface area contributed by atoms with Gasteiger partial charge in [0.25, 0.3) is 5.91 Å². The van der Waals surface area contributed by atoms with Crippen molar-refractivity contribution in [2.24, 2.45) is 0 Å². The van der Waals surface area contributed by atoms with Gasteiger partial charge < -0.3 is 14.5 Å². The minimum absolute atomic E-state index is 0.0103. The fraction of sp³-hybridized carbons (Fsp3) is 0.300. The summed E-state index contributed by atoms with van der Waals surface area (Å²) in [6, 6.07) is 15.4. The molecule has 0 unspecified atom stereocenters. The molecule has 1 aliphatic rings. The number of rotatable bonds is 5. The molecule has 0 radical (unpaired) electrons. The number of piperazine rings is 1. The number of benzene rings is 2.